The summed E-state index contributed by atoms with van der Waals surface area (Å²) in [6.45, 7) is 3.05. The topological polar surface area (TPSA) is 105 Å². The minimum Gasteiger partial charge on any atom is -0.484 e. The minimum absolute atomic E-state index is 0.176. The Morgan fingerprint density at radius 3 is 2.35 bits per heavy atom. The summed E-state index contributed by atoms with van der Waals surface area (Å²) < 4.78 is 5.24. The van der Waals surface area contributed by atoms with Crippen LogP contribution in [0.15, 0.2) is 30.3 Å². The third-order valence-corrected chi connectivity index (χ3v) is 3.21. The Hall–Kier alpha value is -2.57. The van der Waals surface area contributed by atoms with Crippen LogP contribution in [0, 0.1) is 5.41 Å². The second-order valence-electron chi connectivity index (χ2n) is 5.67. The van der Waals surface area contributed by atoms with E-state index in [-0.39, 0.29) is 25.6 Å². The molecule has 126 valence electrons. The summed E-state index contributed by atoms with van der Waals surface area (Å²) >= 11 is 0. The summed E-state index contributed by atoms with van der Waals surface area (Å²) in [5.41, 5.74) is -0.903. The van der Waals surface area contributed by atoms with Crippen LogP contribution in [0.4, 0.5) is 0 Å². The lowest BCUT2D eigenvalue weighted by atomic mass is 9.90. The number of carboxylic acid groups (broad SMARTS) is 1. The van der Waals surface area contributed by atoms with E-state index in [2.05, 4.69) is 10.6 Å². The van der Waals surface area contributed by atoms with Gasteiger partial charge in [0.25, 0.3) is 5.91 Å². The average Bonchev–Trinajstić information content (AvgIpc) is 2.51. The van der Waals surface area contributed by atoms with Crippen LogP contribution in [-0.4, -0.2) is 42.6 Å². The van der Waals surface area contributed by atoms with E-state index in [1.165, 1.54) is 0 Å². The number of carboxylic acids is 1. The third-order valence-electron chi connectivity index (χ3n) is 3.21. The van der Waals surface area contributed by atoms with E-state index in [1.54, 1.807) is 38.1 Å². The normalized spacial score (nSPS) is 10.7. The predicted molar refractivity (Wildman–Crippen MR) is 84.0 cm³/mol. The maximum absolute atomic E-state index is 11.6. The van der Waals surface area contributed by atoms with Crippen molar-refractivity contribution in [3.63, 3.8) is 0 Å². The van der Waals surface area contributed by atoms with Crippen molar-refractivity contribution >= 4 is 17.8 Å². The smallest absolute Gasteiger partial charge is 0.309 e. The quantitative estimate of drug-likeness (QED) is 0.624. The molecule has 0 saturated heterocycles. The molecule has 0 fully saturated rings. The number of amides is 2. The Kier molecular flexibility index (Phi) is 7.05. The van der Waals surface area contributed by atoms with Crippen molar-refractivity contribution in [1.82, 2.24) is 10.6 Å². The van der Waals surface area contributed by atoms with E-state index < -0.39 is 17.3 Å². The molecule has 0 atom stereocenters. The van der Waals surface area contributed by atoms with Gasteiger partial charge in [-0.1, -0.05) is 18.2 Å². The predicted octanol–water partition coefficient (Wildman–Crippen LogP) is 0.799. The lowest BCUT2D eigenvalue weighted by Crippen LogP contribution is -2.40. The van der Waals surface area contributed by atoms with Crippen LogP contribution in [0.2, 0.25) is 0 Å². The molecule has 23 heavy (non-hydrogen) atoms. The largest absolute Gasteiger partial charge is 0.484 e. The van der Waals surface area contributed by atoms with Gasteiger partial charge < -0.3 is 20.5 Å². The monoisotopic (exact) mass is 322 g/mol. The number of aliphatic carboxylic acids is 1. The average molecular weight is 322 g/mol. The number of ether oxygens (including phenoxy) is 1. The highest BCUT2D eigenvalue weighted by molar-refractivity contribution is 5.85. The molecule has 1 rings (SSSR count). The van der Waals surface area contributed by atoms with Crippen molar-refractivity contribution in [1.29, 1.82) is 0 Å². The molecule has 0 aliphatic rings. The Morgan fingerprint density at radius 1 is 1.09 bits per heavy atom. The van der Waals surface area contributed by atoms with Gasteiger partial charge >= 0.3 is 5.97 Å². The summed E-state index contributed by atoms with van der Waals surface area (Å²) in [6.07, 6.45) is 0.305. The van der Waals surface area contributed by atoms with Crippen molar-refractivity contribution in [3.8, 4) is 5.75 Å². The molecule has 0 unspecified atom stereocenters. The molecular weight excluding hydrogens is 300 g/mol. The highest BCUT2D eigenvalue weighted by Crippen LogP contribution is 2.19. The molecule has 1 aromatic rings. The lowest BCUT2D eigenvalue weighted by molar-refractivity contribution is -0.147. The van der Waals surface area contributed by atoms with E-state index in [9.17, 15) is 14.4 Å². The van der Waals surface area contributed by atoms with Crippen molar-refractivity contribution in [2.75, 3.05) is 19.7 Å². The fourth-order valence-electron chi connectivity index (χ4n) is 1.58. The number of hydrogen-bond acceptors (Lipinski definition) is 4. The molecule has 0 spiro atoms. The molecule has 0 radical (unpaired) electrons. The summed E-state index contributed by atoms with van der Waals surface area (Å²) in [4.78, 5) is 34.0. The van der Waals surface area contributed by atoms with Crippen molar-refractivity contribution in [2.45, 2.75) is 20.3 Å². The Balaban J connectivity index is 2.18. The maximum Gasteiger partial charge on any atom is 0.309 e. The van der Waals surface area contributed by atoms with Gasteiger partial charge in [-0.25, -0.2) is 0 Å². The number of rotatable bonds is 9. The standard InChI is InChI=1S/C16H22N2O5/c1-16(2,15(21)22)8-9-17-13(19)10-18-14(20)11-23-12-6-4-3-5-7-12/h3-7H,8-11H2,1-2H3,(H,17,19)(H,18,20)(H,21,22). The van der Waals surface area contributed by atoms with Gasteiger partial charge in [0.15, 0.2) is 6.61 Å². The molecule has 1 aromatic carbocycles. The molecule has 7 heteroatoms. The fourth-order valence-corrected chi connectivity index (χ4v) is 1.58. The van der Waals surface area contributed by atoms with Crippen LogP contribution in [0.3, 0.4) is 0 Å². The number of para-hydroxylation sites is 1. The van der Waals surface area contributed by atoms with Crippen LogP contribution >= 0.6 is 0 Å². The summed E-state index contributed by atoms with van der Waals surface area (Å²) in [7, 11) is 0. The van der Waals surface area contributed by atoms with E-state index in [4.69, 9.17) is 9.84 Å². The van der Waals surface area contributed by atoms with Crippen LogP contribution in [0.1, 0.15) is 20.3 Å². The first-order valence-corrected chi connectivity index (χ1v) is 7.26. The van der Waals surface area contributed by atoms with E-state index >= 15 is 0 Å². The molecule has 0 aliphatic carbocycles. The molecule has 3 N–H and O–H groups in total. The molecule has 0 aliphatic heterocycles. The fraction of sp³-hybridized carbons (Fsp3) is 0.438. The number of benzene rings is 1. The molecule has 0 bridgehead atoms. The van der Waals surface area contributed by atoms with Gasteiger partial charge in [0, 0.05) is 6.54 Å². The van der Waals surface area contributed by atoms with Gasteiger partial charge in [0.2, 0.25) is 5.91 Å². The Morgan fingerprint density at radius 2 is 1.74 bits per heavy atom. The first-order valence-electron chi connectivity index (χ1n) is 7.26. The van der Waals surface area contributed by atoms with Crippen LogP contribution in [0.25, 0.3) is 0 Å². The van der Waals surface area contributed by atoms with E-state index in [0.29, 0.717) is 12.2 Å². The van der Waals surface area contributed by atoms with E-state index in [1.807, 2.05) is 6.07 Å². The van der Waals surface area contributed by atoms with Gasteiger partial charge in [-0.15, -0.1) is 0 Å². The van der Waals surface area contributed by atoms with Gasteiger partial charge in [-0.05, 0) is 32.4 Å². The second kappa shape index (κ2) is 8.77. The minimum atomic E-state index is -0.918. The zero-order valence-electron chi connectivity index (χ0n) is 13.3. The first kappa shape index (κ1) is 18.5. The second-order valence-corrected chi connectivity index (χ2v) is 5.67. The summed E-state index contributed by atoms with van der Waals surface area (Å²) in [5.74, 6) is -1.13. The van der Waals surface area contributed by atoms with Gasteiger partial charge in [0.1, 0.15) is 5.75 Å². The zero-order valence-corrected chi connectivity index (χ0v) is 13.3. The molecule has 0 heterocycles. The molecular formula is C16H22N2O5. The first-order chi connectivity index (χ1) is 10.8. The molecule has 7 nitrogen and oxygen atoms in total. The number of hydrogen-bond donors (Lipinski definition) is 3. The lowest BCUT2D eigenvalue weighted by Gasteiger charge is -2.18. The summed E-state index contributed by atoms with van der Waals surface area (Å²) in [5, 5.41) is 13.9. The van der Waals surface area contributed by atoms with Crippen LogP contribution in [0.5, 0.6) is 5.75 Å². The van der Waals surface area contributed by atoms with Crippen molar-refractivity contribution < 1.29 is 24.2 Å². The Bertz CT molecular complexity index is 543. The zero-order chi connectivity index (χ0) is 17.3. The molecule has 0 aromatic heterocycles. The number of carbonyl (C=O) groups excluding carboxylic acids is 2. The van der Waals surface area contributed by atoms with Crippen molar-refractivity contribution in [3.05, 3.63) is 30.3 Å². The van der Waals surface area contributed by atoms with Gasteiger partial charge in [-0.3, -0.25) is 14.4 Å². The van der Waals surface area contributed by atoms with Crippen LogP contribution in [-0.2, 0) is 14.4 Å². The Labute approximate surface area is 135 Å². The van der Waals surface area contributed by atoms with Crippen LogP contribution < -0.4 is 15.4 Å². The summed E-state index contributed by atoms with van der Waals surface area (Å²) in [6, 6.07) is 8.87. The third kappa shape index (κ3) is 7.30. The highest BCUT2D eigenvalue weighted by Gasteiger charge is 2.26. The molecule has 0 saturated carbocycles. The highest BCUT2D eigenvalue weighted by atomic mass is 16.5. The van der Waals surface area contributed by atoms with Crippen molar-refractivity contribution in [2.24, 2.45) is 5.41 Å². The number of nitrogens with one attached hydrogen (secondary N) is 2. The van der Waals surface area contributed by atoms with Gasteiger partial charge in [0.05, 0.1) is 12.0 Å². The number of carbonyl (C=O) groups is 3. The molecule has 2 amide bonds. The van der Waals surface area contributed by atoms with E-state index in [0.717, 1.165) is 0 Å². The SMILES string of the molecule is CC(C)(CCNC(=O)CNC(=O)COc1ccccc1)C(=O)O. The maximum atomic E-state index is 11.6. The van der Waals surface area contributed by atoms with Gasteiger partial charge in [-0.2, -0.15) is 0 Å².